The number of benzene rings is 5. The predicted molar refractivity (Wildman–Crippen MR) is 140 cm³/mol. The van der Waals surface area contributed by atoms with E-state index >= 15 is 0 Å². The topological polar surface area (TPSA) is 30.7 Å². The molecule has 0 aromatic heterocycles. The van der Waals surface area contributed by atoms with Crippen LogP contribution in [0.3, 0.4) is 0 Å². The first-order valence-electron chi connectivity index (χ1n) is 11.3. The number of para-hydroxylation sites is 1. The van der Waals surface area contributed by atoms with Crippen LogP contribution in [0, 0.1) is 6.57 Å². The molecule has 0 amide bonds. The molecule has 0 bridgehead atoms. The number of hydrogen-bond acceptors (Lipinski definition) is 2. The molecule has 5 aromatic carbocycles. The Morgan fingerprint density at radius 3 is 1.29 bits per heavy atom. The highest BCUT2D eigenvalue weighted by Crippen LogP contribution is 2.28. The lowest BCUT2D eigenvalue weighted by Gasteiger charge is -2.08. The van der Waals surface area contributed by atoms with E-state index in [1.807, 2.05) is 54.6 Å². The molecule has 0 radical (unpaired) electrons. The molecule has 0 aliphatic carbocycles. The second-order valence-corrected chi connectivity index (χ2v) is 8.09. The molecule has 0 aliphatic rings. The molecular weight excluding hydrogens is 430 g/mol. The van der Waals surface area contributed by atoms with Crippen LogP contribution in [0.5, 0.6) is 5.75 Å². The van der Waals surface area contributed by atoms with Crippen LogP contribution in [-0.4, -0.2) is 5.97 Å². The summed E-state index contributed by atoms with van der Waals surface area (Å²) in [5.41, 5.74) is 7.75. The van der Waals surface area contributed by atoms with Crippen LogP contribution in [0.1, 0.15) is 10.4 Å². The molecule has 5 aromatic rings. The predicted octanol–water partition coefficient (Wildman–Crippen LogP) is 8.46. The molecule has 0 atom stereocenters. The number of nitrogens with zero attached hydrogens (tertiary/aromatic N) is 1. The molecule has 3 heteroatoms. The molecule has 5 rings (SSSR count). The zero-order valence-corrected chi connectivity index (χ0v) is 18.9. The molecule has 0 heterocycles. The molecule has 0 saturated heterocycles. The minimum absolute atomic E-state index is 0.371. The molecule has 0 fully saturated rings. The van der Waals surface area contributed by atoms with Gasteiger partial charge < -0.3 is 4.74 Å². The molecule has 166 valence electrons. The average molecular weight is 452 g/mol. The lowest BCUT2D eigenvalue weighted by atomic mass is 9.97. The van der Waals surface area contributed by atoms with Crippen LogP contribution in [0.25, 0.3) is 38.2 Å². The fraction of sp³-hybridized carbons (Fsp3) is 0. The summed E-state index contributed by atoms with van der Waals surface area (Å²) in [7, 11) is 0. The summed E-state index contributed by atoms with van der Waals surface area (Å²) in [5.74, 6) is 0.159. The summed E-state index contributed by atoms with van der Waals surface area (Å²) in [6, 6.07) is 41.0. The van der Waals surface area contributed by atoms with Gasteiger partial charge in [0.15, 0.2) is 5.69 Å². The lowest BCUT2D eigenvalue weighted by Crippen LogP contribution is -2.08. The molecule has 0 spiro atoms. The van der Waals surface area contributed by atoms with Crippen molar-refractivity contribution < 1.29 is 9.53 Å². The van der Waals surface area contributed by atoms with Crippen LogP contribution in [0.4, 0.5) is 5.69 Å². The van der Waals surface area contributed by atoms with E-state index in [1.54, 1.807) is 24.3 Å². The molecule has 0 saturated carbocycles. The van der Waals surface area contributed by atoms with Crippen LogP contribution in [0.15, 0.2) is 127 Å². The van der Waals surface area contributed by atoms with Crippen molar-refractivity contribution in [1.82, 2.24) is 0 Å². The normalized spacial score (nSPS) is 10.4. The van der Waals surface area contributed by atoms with Gasteiger partial charge in [-0.3, -0.25) is 0 Å². The van der Waals surface area contributed by atoms with Gasteiger partial charge in [0.2, 0.25) is 0 Å². The first-order chi connectivity index (χ1) is 17.2. The van der Waals surface area contributed by atoms with Crippen molar-refractivity contribution in [2.45, 2.75) is 0 Å². The molecule has 35 heavy (non-hydrogen) atoms. The Morgan fingerprint density at radius 2 is 0.886 bits per heavy atom. The Morgan fingerprint density at radius 1 is 0.514 bits per heavy atom. The van der Waals surface area contributed by atoms with E-state index in [1.165, 1.54) is 0 Å². The molecule has 0 N–H and O–H groups in total. The van der Waals surface area contributed by atoms with Gasteiger partial charge in [0.05, 0.1) is 12.1 Å². The van der Waals surface area contributed by atoms with Crippen LogP contribution < -0.4 is 4.74 Å². The largest absolute Gasteiger partial charge is 0.423 e. The monoisotopic (exact) mass is 451 g/mol. The van der Waals surface area contributed by atoms with E-state index in [0.717, 1.165) is 33.4 Å². The molecular formula is C32H21NO2. The van der Waals surface area contributed by atoms with E-state index in [4.69, 9.17) is 11.3 Å². The third kappa shape index (κ3) is 5.03. The van der Waals surface area contributed by atoms with E-state index in [-0.39, 0.29) is 5.97 Å². The number of carbonyl (C=O) groups is 1. The fourth-order valence-corrected chi connectivity index (χ4v) is 3.89. The third-order valence-electron chi connectivity index (χ3n) is 5.84. The Balaban J connectivity index is 1.28. The Labute approximate surface area is 204 Å². The second kappa shape index (κ2) is 9.91. The van der Waals surface area contributed by atoms with Crippen molar-refractivity contribution >= 4 is 11.7 Å². The van der Waals surface area contributed by atoms with E-state index in [0.29, 0.717) is 17.0 Å². The fourth-order valence-electron chi connectivity index (χ4n) is 3.89. The number of hydrogen-bond donors (Lipinski definition) is 0. The highest BCUT2D eigenvalue weighted by atomic mass is 16.5. The highest BCUT2D eigenvalue weighted by molar-refractivity contribution is 5.91. The number of esters is 1. The molecule has 0 aliphatic heterocycles. The first-order valence-corrected chi connectivity index (χ1v) is 11.3. The van der Waals surface area contributed by atoms with Crippen molar-refractivity contribution in [2.75, 3.05) is 0 Å². The highest BCUT2D eigenvalue weighted by Gasteiger charge is 2.09. The van der Waals surface area contributed by atoms with Gasteiger partial charge in [0, 0.05) is 0 Å². The smallest absolute Gasteiger partial charge is 0.343 e. The summed E-state index contributed by atoms with van der Waals surface area (Å²) < 4.78 is 5.41. The van der Waals surface area contributed by atoms with Crippen molar-refractivity contribution in [1.29, 1.82) is 0 Å². The second-order valence-electron chi connectivity index (χ2n) is 8.09. The average Bonchev–Trinajstić information content (AvgIpc) is 2.94. The summed E-state index contributed by atoms with van der Waals surface area (Å²) in [5, 5.41) is 0. The van der Waals surface area contributed by atoms with Gasteiger partial charge in [-0.1, -0.05) is 103 Å². The van der Waals surface area contributed by atoms with E-state index < -0.39 is 0 Å². The van der Waals surface area contributed by atoms with E-state index in [9.17, 15) is 4.79 Å². The maximum atomic E-state index is 12.4. The van der Waals surface area contributed by atoms with Gasteiger partial charge in [0.25, 0.3) is 0 Å². The minimum atomic E-state index is -0.371. The molecule has 3 nitrogen and oxygen atoms in total. The van der Waals surface area contributed by atoms with Gasteiger partial charge in [-0.2, -0.15) is 0 Å². The quantitative estimate of drug-likeness (QED) is 0.152. The van der Waals surface area contributed by atoms with Gasteiger partial charge in [-0.25, -0.2) is 9.64 Å². The summed E-state index contributed by atoms with van der Waals surface area (Å²) in [4.78, 5) is 15.8. The van der Waals surface area contributed by atoms with Crippen molar-refractivity contribution in [3.63, 3.8) is 0 Å². The summed E-state index contributed by atoms with van der Waals surface area (Å²) in [6.07, 6.45) is 0. The number of rotatable bonds is 5. The first kappa shape index (κ1) is 21.9. The minimum Gasteiger partial charge on any atom is -0.423 e. The van der Waals surface area contributed by atoms with Crippen LogP contribution in [-0.2, 0) is 0 Å². The Kier molecular flexibility index (Phi) is 6.19. The van der Waals surface area contributed by atoms with Gasteiger partial charge >= 0.3 is 5.97 Å². The van der Waals surface area contributed by atoms with Gasteiger partial charge in [0.1, 0.15) is 5.75 Å². The maximum Gasteiger partial charge on any atom is 0.343 e. The van der Waals surface area contributed by atoms with Gasteiger partial charge in [-0.05, 0) is 57.6 Å². The number of ether oxygens (including phenoxy) is 1. The Hall–Kier alpha value is -4.94. The van der Waals surface area contributed by atoms with E-state index in [2.05, 4.69) is 53.4 Å². The standard InChI is InChI=1S/C32H21NO2/c1-33-30-21-19-28(20-22-30)26-13-11-24(12-14-26)23-7-9-25(10-8-23)27-15-17-29(18-16-27)32(34)35-31-5-3-2-4-6-31/h2-22H. The van der Waals surface area contributed by atoms with Crippen LogP contribution >= 0.6 is 0 Å². The molecule has 0 unspecified atom stereocenters. The van der Waals surface area contributed by atoms with Crippen molar-refractivity contribution in [3.05, 3.63) is 144 Å². The van der Waals surface area contributed by atoms with Crippen molar-refractivity contribution in [3.8, 4) is 39.1 Å². The summed E-state index contributed by atoms with van der Waals surface area (Å²) >= 11 is 0. The SMILES string of the molecule is [C-]#[N+]c1ccc(-c2ccc(-c3ccc(-c4ccc(C(=O)Oc5ccccc5)cc4)cc3)cc2)cc1. The third-order valence-corrected chi connectivity index (χ3v) is 5.84. The summed E-state index contributed by atoms with van der Waals surface area (Å²) in [6.45, 7) is 7.08. The zero-order chi connectivity index (χ0) is 24.0. The number of carbonyl (C=O) groups excluding carboxylic acids is 1. The van der Waals surface area contributed by atoms with Gasteiger partial charge in [-0.15, -0.1) is 0 Å². The zero-order valence-electron chi connectivity index (χ0n) is 18.9. The van der Waals surface area contributed by atoms with Crippen molar-refractivity contribution in [2.24, 2.45) is 0 Å². The Bertz CT molecular complexity index is 1480. The maximum absolute atomic E-state index is 12.4. The van der Waals surface area contributed by atoms with Crippen LogP contribution in [0.2, 0.25) is 0 Å². The lowest BCUT2D eigenvalue weighted by molar-refractivity contribution is 0.0735.